The Bertz CT molecular complexity index is 1220. The fourth-order valence-electron chi connectivity index (χ4n) is 4.88. The predicted molar refractivity (Wildman–Crippen MR) is 143 cm³/mol. The average molecular weight is 553 g/mol. The molecule has 1 atom stereocenters. The van der Waals surface area contributed by atoms with Crippen molar-refractivity contribution in [3.8, 4) is 0 Å². The fraction of sp³-hybridized carbons (Fsp3) is 0.462. The lowest BCUT2D eigenvalue weighted by atomic mass is 9.95. The van der Waals surface area contributed by atoms with Crippen molar-refractivity contribution in [3.63, 3.8) is 0 Å². The first kappa shape index (κ1) is 26.9. The van der Waals surface area contributed by atoms with Crippen LogP contribution in [0.2, 0.25) is 10.0 Å². The van der Waals surface area contributed by atoms with Crippen molar-refractivity contribution in [2.75, 3.05) is 18.4 Å². The van der Waals surface area contributed by atoms with E-state index >= 15 is 0 Å². The highest BCUT2D eigenvalue weighted by Crippen LogP contribution is 2.27. The molecule has 1 heterocycles. The van der Waals surface area contributed by atoms with Crippen molar-refractivity contribution in [2.24, 2.45) is 5.92 Å². The third-order valence-electron chi connectivity index (χ3n) is 6.85. The zero-order chi connectivity index (χ0) is 25.7. The van der Waals surface area contributed by atoms with Crippen molar-refractivity contribution in [1.82, 2.24) is 9.62 Å². The van der Waals surface area contributed by atoms with E-state index in [0.29, 0.717) is 46.2 Å². The molecular formula is C26H31Cl2N3O4S. The van der Waals surface area contributed by atoms with Crippen LogP contribution in [0.15, 0.2) is 42.5 Å². The molecule has 1 saturated heterocycles. The van der Waals surface area contributed by atoms with Gasteiger partial charge in [0.15, 0.2) is 0 Å². The number of rotatable bonds is 7. The molecular weight excluding hydrogens is 521 g/mol. The molecule has 0 aromatic heterocycles. The molecule has 10 heteroatoms. The van der Waals surface area contributed by atoms with Gasteiger partial charge in [0.05, 0.1) is 33.0 Å². The molecule has 1 saturated carbocycles. The molecule has 36 heavy (non-hydrogen) atoms. The minimum Gasteiger partial charge on any atom is -0.349 e. The molecule has 0 radical (unpaired) electrons. The Morgan fingerprint density at radius 2 is 1.69 bits per heavy atom. The number of piperidine rings is 1. The summed E-state index contributed by atoms with van der Waals surface area (Å²) >= 11 is 12.0. The standard InChI is InChI=1S/C26H31Cl2N3O4S/c27-22-13-12-18(15-23(22)28)17-36(34,35)31-14-6-7-19(16-31)25(32)30-24-11-5-4-10-21(24)26(33)29-20-8-2-1-3-9-20/h4-5,10-13,15,19-20H,1-3,6-9,14,16-17H2,(H,29,33)(H,30,32)/t19-/m1/s1. The molecule has 0 spiro atoms. The van der Waals surface area contributed by atoms with Crippen LogP contribution in [0.1, 0.15) is 60.9 Å². The second-order valence-electron chi connectivity index (χ2n) is 9.55. The van der Waals surface area contributed by atoms with Gasteiger partial charge in [-0.1, -0.05) is 60.7 Å². The highest BCUT2D eigenvalue weighted by molar-refractivity contribution is 7.88. The molecule has 0 bridgehead atoms. The Hall–Kier alpha value is -2.13. The van der Waals surface area contributed by atoms with Crippen LogP contribution >= 0.6 is 23.2 Å². The van der Waals surface area contributed by atoms with Gasteiger partial charge in [0.25, 0.3) is 5.91 Å². The van der Waals surface area contributed by atoms with Gasteiger partial charge in [-0.3, -0.25) is 9.59 Å². The lowest BCUT2D eigenvalue weighted by Crippen LogP contribution is -2.44. The number of para-hydroxylation sites is 1. The summed E-state index contributed by atoms with van der Waals surface area (Å²) in [5.74, 6) is -1.23. The Morgan fingerprint density at radius 1 is 0.944 bits per heavy atom. The average Bonchev–Trinajstić information content (AvgIpc) is 2.87. The van der Waals surface area contributed by atoms with Gasteiger partial charge in [-0.05, 0) is 55.5 Å². The number of carbonyl (C=O) groups is 2. The lowest BCUT2D eigenvalue weighted by molar-refractivity contribution is -0.120. The molecule has 2 aliphatic rings. The fourth-order valence-corrected chi connectivity index (χ4v) is 6.79. The molecule has 194 valence electrons. The van der Waals surface area contributed by atoms with Crippen LogP contribution in [0.3, 0.4) is 0 Å². The third-order valence-corrected chi connectivity index (χ3v) is 9.41. The van der Waals surface area contributed by atoms with E-state index in [4.69, 9.17) is 23.2 Å². The Morgan fingerprint density at radius 3 is 2.44 bits per heavy atom. The van der Waals surface area contributed by atoms with Crippen LogP contribution in [-0.4, -0.2) is 43.7 Å². The van der Waals surface area contributed by atoms with E-state index in [-0.39, 0.29) is 30.2 Å². The molecule has 7 nitrogen and oxygen atoms in total. The number of hydrogen-bond donors (Lipinski definition) is 2. The second kappa shape index (κ2) is 11.9. The summed E-state index contributed by atoms with van der Waals surface area (Å²) in [4.78, 5) is 26.1. The van der Waals surface area contributed by atoms with Crippen molar-refractivity contribution in [2.45, 2.75) is 56.7 Å². The summed E-state index contributed by atoms with van der Waals surface area (Å²) in [5, 5.41) is 6.63. The SMILES string of the molecule is O=C(NC1CCCCC1)c1ccccc1NC(=O)[C@@H]1CCCN(S(=O)(=O)Cc2ccc(Cl)c(Cl)c2)C1. The quantitative estimate of drug-likeness (QED) is 0.492. The van der Waals surface area contributed by atoms with Gasteiger partial charge < -0.3 is 10.6 Å². The van der Waals surface area contributed by atoms with Crippen LogP contribution < -0.4 is 10.6 Å². The maximum atomic E-state index is 13.1. The van der Waals surface area contributed by atoms with Crippen LogP contribution in [0.25, 0.3) is 0 Å². The van der Waals surface area contributed by atoms with E-state index in [1.54, 1.807) is 42.5 Å². The van der Waals surface area contributed by atoms with Crippen LogP contribution in [0, 0.1) is 5.92 Å². The summed E-state index contributed by atoms with van der Waals surface area (Å²) in [7, 11) is -3.66. The minimum atomic E-state index is -3.66. The third kappa shape index (κ3) is 6.79. The van der Waals surface area contributed by atoms with Crippen molar-refractivity contribution >= 4 is 50.7 Å². The normalized spacial score (nSPS) is 19.6. The summed E-state index contributed by atoms with van der Waals surface area (Å²) in [5.41, 5.74) is 1.39. The molecule has 2 aromatic carbocycles. The van der Waals surface area contributed by atoms with Gasteiger partial charge in [-0.2, -0.15) is 0 Å². The largest absolute Gasteiger partial charge is 0.349 e. The maximum absolute atomic E-state index is 13.1. The monoisotopic (exact) mass is 551 g/mol. The summed E-state index contributed by atoms with van der Waals surface area (Å²) in [6.07, 6.45) is 6.48. The predicted octanol–water partition coefficient (Wildman–Crippen LogP) is 5.24. The first-order chi connectivity index (χ1) is 17.2. The molecule has 2 N–H and O–H groups in total. The molecule has 2 amide bonds. The highest BCUT2D eigenvalue weighted by atomic mass is 35.5. The van der Waals surface area contributed by atoms with Gasteiger partial charge in [-0.25, -0.2) is 12.7 Å². The first-order valence-corrected chi connectivity index (χ1v) is 14.7. The van der Waals surface area contributed by atoms with Crippen molar-refractivity contribution in [3.05, 3.63) is 63.6 Å². The maximum Gasteiger partial charge on any atom is 0.253 e. The molecule has 2 aromatic rings. The number of carbonyl (C=O) groups excluding carboxylic acids is 2. The Kier molecular flexibility index (Phi) is 8.93. The zero-order valence-corrected chi connectivity index (χ0v) is 22.3. The smallest absolute Gasteiger partial charge is 0.253 e. The van der Waals surface area contributed by atoms with Crippen LogP contribution in [-0.2, 0) is 20.6 Å². The number of hydrogen-bond acceptors (Lipinski definition) is 4. The zero-order valence-electron chi connectivity index (χ0n) is 20.0. The van der Waals surface area contributed by atoms with Crippen LogP contribution in [0.4, 0.5) is 5.69 Å². The second-order valence-corrected chi connectivity index (χ2v) is 12.3. The highest BCUT2D eigenvalue weighted by Gasteiger charge is 2.33. The van der Waals surface area contributed by atoms with Gasteiger partial charge in [0, 0.05) is 19.1 Å². The van der Waals surface area contributed by atoms with Gasteiger partial charge >= 0.3 is 0 Å². The number of halogens is 2. The molecule has 0 unspecified atom stereocenters. The molecule has 2 fully saturated rings. The van der Waals surface area contributed by atoms with E-state index < -0.39 is 15.9 Å². The van der Waals surface area contributed by atoms with Crippen molar-refractivity contribution < 1.29 is 18.0 Å². The first-order valence-electron chi connectivity index (χ1n) is 12.4. The van der Waals surface area contributed by atoms with E-state index in [9.17, 15) is 18.0 Å². The van der Waals surface area contributed by atoms with Gasteiger partial charge in [-0.15, -0.1) is 0 Å². The van der Waals surface area contributed by atoms with E-state index in [1.807, 2.05) is 0 Å². The summed E-state index contributed by atoms with van der Waals surface area (Å²) < 4.78 is 27.5. The lowest BCUT2D eigenvalue weighted by Gasteiger charge is -2.31. The summed E-state index contributed by atoms with van der Waals surface area (Å²) in [6, 6.07) is 11.8. The molecule has 1 aliphatic heterocycles. The van der Waals surface area contributed by atoms with Crippen molar-refractivity contribution in [1.29, 1.82) is 0 Å². The number of anilines is 1. The van der Waals surface area contributed by atoms with Gasteiger partial charge in [0.2, 0.25) is 15.9 Å². The van der Waals surface area contributed by atoms with Gasteiger partial charge in [0.1, 0.15) is 0 Å². The number of sulfonamides is 1. The number of nitrogens with zero attached hydrogens (tertiary/aromatic N) is 1. The number of nitrogens with one attached hydrogen (secondary N) is 2. The summed E-state index contributed by atoms with van der Waals surface area (Å²) in [6.45, 7) is 0.444. The number of amides is 2. The topological polar surface area (TPSA) is 95.6 Å². The molecule has 1 aliphatic carbocycles. The van der Waals surface area contributed by atoms with E-state index in [0.717, 1.165) is 25.7 Å². The van der Waals surface area contributed by atoms with E-state index in [2.05, 4.69) is 10.6 Å². The number of benzene rings is 2. The Balaban J connectivity index is 1.40. The minimum absolute atomic E-state index is 0.0892. The van der Waals surface area contributed by atoms with Crippen LogP contribution in [0.5, 0.6) is 0 Å². The van der Waals surface area contributed by atoms with E-state index in [1.165, 1.54) is 10.7 Å². The Labute approximate surface area is 222 Å². The molecule has 4 rings (SSSR count).